The Morgan fingerprint density at radius 3 is 3.08 bits per heavy atom. The van der Waals surface area contributed by atoms with Crippen molar-refractivity contribution >= 4 is 39.1 Å². The van der Waals surface area contributed by atoms with Crippen LogP contribution in [0.1, 0.15) is 10.4 Å². The highest BCUT2D eigenvalue weighted by atomic mass is 35.5. The fourth-order valence-corrected chi connectivity index (χ4v) is 1.93. The highest BCUT2D eigenvalue weighted by Gasteiger charge is 2.12. The van der Waals surface area contributed by atoms with Crippen LogP contribution in [0.3, 0.4) is 0 Å². The molecule has 0 unspecified atom stereocenters. The van der Waals surface area contributed by atoms with Gasteiger partial charge in [-0.15, -0.1) is 11.3 Å². The molecule has 0 aliphatic carbocycles. The van der Waals surface area contributed by atoms with Crippen molar-refractivity contribution in [2.75, 3.05) is 0 Å². The lowest BCUT2D eigenvalue weighted by Gasteiger charge is -1.91. The van der Waals surface area contributed by atoms with E-state index in [9.17, 15) is 4.79 Å². The summed E-state index contributed by atoms with van der Waals surface area (Å²) in [5.74, 6) is -0.999. The van der Waals surface area contributed by atoms with Crippen molar-refractivity contribution in [3.05, 3.63) is 22.4 Å². The number of aromatic carboxylic acids is 1. The van der Waals surface area contributed by atoms with Gasteiger partial charge in [-0.05, 0) is 11.6 Å². The molecule has 0 bridgehead atoms. The van der Waals surface area contributed by atoms with Crippen LogP contribution in [-0.4, -0.2) is 21.0 Å². The van der Waals surface area contributed by atoms with Crippen molar-refractivity contribution in [1.82, 2.24) is 9.97 Å². The molecule has 0 spiro atoms. The molecule has 0 atom stereocenters. The number of hydrogen-bond acceptors (Lipinski definition) is 4. The second-order valence-corrected chi connectivity index (χ2v) is 3.56. The second kappa shape index (κ2) is 2.93. The first-order valence-corrected chi connectivity index (χ1v) is 4.57. The third kappa shape index (κ3) is 1.36. The summed E-state index contributed by atoms with van der Waals surface area (Å²) in [6, 6.07) is 0. The highest BCUT2D eigenvalue weighted by molar-refractivity contribution is 7.17. The van der Waals surface area contributed by atoms with Gasteiger partial charge in [0.25, 0.3) is 0 Å². The van der Waals surface area contributed by atoms with Crippen LogP contribution in [0.25, 0.3) is 10.2 Å². The lowest BCUT2D eigenvalue weighted by atomic mass is 10.3. The monoisotopic (exact) mass is 214 g/mol. The molecule has 6 heteroatoms. The number of fused-ring (bicyclic) bond motifs is 1. The van der Waals surface area contributed by atoms with Crippen LogP contribution in [0.15, 0.2) is 11.6 Å². The normalized spacial score (nSPS) is 10.5. The first kappa shape index (κ1) is 8.40. The minimum absolute atomic E-state index is 0.0633. The molecule has 0 saturated heterocycles. The van der Waals surface area contributed by atoms with E-state index in [0.717, 1.165) is 4.70 Å². The number of hydrogen-bond donors (Lipinski definition) is 1. The molecule has 2 heterocycles. The van der Waals surface area contributed by atoms with Gasteiger partial charge in [0, 0.05) is 11.6 Å². The molecule has 66 valence electrons. The number of carboxylic acid groups (broad SMARTS) is 1. The number of aromatic nitrogens is 2. The minimum Gasteiger partial charge on any atom is -0.478 e. The fourth-order valence-electron chi connectivity index (χ4n) is 0.958. The summed E-state index contributed by atoms with van der Waals surface area (Å²) in [5, 5.41) is 10.4. The SMILES string of the molecule is O=C(O)c1csc2cnc(Cl)nc12. The molecule has 0 aliphatic rings. The maximum atomic E-state index is 10.7. The molecular formula is C7H3ClN2O2S. The van der Waals surface area contributed by atoms with E-state index >= 15 is 0 Å². The first-order chi connectivity index (χ1) is 6.18. The lowest BCUT2D eigenvalue weighted by molar-refractivity contribution is 0.0699. The van der Waals surface area contributed by atoms with Crippen LogP contribution in [0.2, 0.25) is 5.28 Å². The minimum atomic E-state index is -0.999. The zero-order valence-electron chi connectivity index (χ0n) is 6.19. The fraction of sp³-hybridized carbons (Fsp3) is 0. The van der Waals surface area contributed by atoms with E-state index in [4.69, 9.17) is 16.7 Å². The van der Waals surface area contributed by atoms with E-state index in [2.05, 4.69) is 9.97 Å². The van der Waals surface area contributed by atoms with Crippen molar-refractivity contribution in [1.29, 1.82) is 0 Å². The van der Waals surface area contributed by atoms with Crippen LogP contribution in [0.4, 0.5) is 0 Å². The summed E-state index contributed by atoms with van der Waals surface area (Å²) in [6.45, 7) is 0. The zero-order chi connectivity index (χ0) is 9.42. The lowest BCUT2D eigenvalue weighted by Crippen LogP contribution is -1.95. The van der Waals surface area contributed by atoms with E-state index in [1.807, 2.05) is 0 Å². The predicted molar refractivity (Wildman–Crippen MR) is 49.4 cm³/mol. The first-order valence-electron chi connectivity index (χ1n) is 3.31. The number of halogens is 1. The Kier molecular flexibility index (Phi) is 1.90. The van der Waals surface area contributed by atoms with Gasteiger partial charge in [0.1, 0.15) is 5.52 Å². The molecule has 2 rings (SSSR count). The van der Waals surface area contributed by atoms with E-state index in [1.165, 1.54) is 22.9 Å². The number of thiophene rings is 1. The summed E-state index contributed by atoms with van der Waals surface area (Å²) < 4.78 is 0.724. The van der Waals surface area contributed by atoms with Crippen LogP contribution < -0.4 is 0 Å². The van der Waals surface area contributed by atoms with Crippen molar-refractivity contribution in [2.24, 2.45) is 0 Å². The van der Waals surface area contributed by atoms with Gasteiger partial charge in [0.05, 0.1) is 10.3 Å². The molecule has 1 N–H and O–H groups in total. The third-order valence-electron chi connectivity index (χ3n) is 1.52. The van der Waals surface area contributed by atoms with Crippen molar-refractivity contribution in [3.63, 3.8) is 0 Å². The highest BCUT2D eigenvalue weighted by Crippen LogP contribution is 2.24. The molecule has 2 aromatic heterocycles. The van der Waals surface area contributed by atoms with Crippen LogP contribution in [0.5, 0.6) is 0 Å². The smallest absolute Gasteiger partial charge is 0.338 e. The standard InChI is InChI=1S/C7H3ClN2O2S/c8-7-9-1-4-5(10-7)3(2-13-4)6(11)12/h1-2H,(H,11,12). The third-order valence-corrected chi connectivity index (χ3v) is 2.60. The summed E-state index contributed by atoms with van der Waals surface area (Å²) >= 11 is 6.83. The maximum Gasteiger partial charge on any atom is 0.338 e. The quantitative estimate of drug-likeness (QED) is 0.738. The molecule has 0 amide bonds. The molecular weight excluding hydrogens is 212 g/mol. The van der Waals surface area contributed by atoms with Gasteiger partial charge in [-0.3, -0.25) is 0 Å². The Labute approximate surface area is 81.8 Å². The van der Waals surface area contributed by atoms with Crippen molar-refractivity contribution in [2.45, 2.75) is 0 Å². The number of nitrogens with zero attached hydrogens (tertiary/aromatic N) is 2. The second-order valence-electron chi connectivity index (χ2n) is 2.31. The Hall–Kier alpha value is -1.20. The van der Waals surface area contributed by atoms with Gasteiger partial charge in [-0.2, -0.15) is 0 Å². The molecule has 0 saturated carbocycles. The summed E-state index contributed by atoms with van der Waals surface area (Å²) in [5.41, 5.74) is 0.571. The largest absolute Gasteiger partial charge is 0.478 e. The van der Waals surface area contributed by atoms with E-state index in [0.29, 0.717) is 5.52 Å². The Morgan fingerprint density at radius 1 is 1.62 bits per heavy atom. The molecule has 4 nitrogen and oxygen atoms in total. The molecule has 0 fully saturated rings. The number of rotatable bonds is 1. The number of carboxylic acids is 1. The topological polar surface area (TPSA) is 63.1 Å². The summed E-state index contributed by atoms with van der Waals surface area (Å²) in [6.07, 6.45) is 1.52. The summed E-state index contributed by atoms with van der Waals surface area (Å²) in [7, 11) is 0. The average Bonchev–Trinajstić information content (AvgIpc) is 2.46. The summed E-state index contributed by atoms with van der Waals surface area (Å²) in [4.78, 5) is 18.3. The molecule has 13 heavy (non-hydrogen) atoms. The van der Waals surface area contributed by atoms with E-state index in [1.54, 1.807) is 0 Å². The predicted octanol–water partition coefficient (Wildman–Crippen LogP) is 2.04. The average molecular weight is 215 g/mol. The van der Waals surface area contributed by atoms with E-state index < -0.39 is 5.97 Å². The molecule has 0 aromatic carbocycles. The van der Waals surface area contributed by atoms with Crippen LogP contribution in [0, 0.1) is 0 Å². The van der Waals surface area contributed by atoms with Gasteiger partial charge in [-0.25, -0.2) is 14.8 Å². The Morgan fingerprint density at radius 2 is 2.38 bits per heavy atom. The zero-order valence-corrected chi connectivity index (χ0v) is 7.76. The van der Waals surface area contributed by atoms with Gasteiger partial charge in [0.15, 0.2) is 0 Å². The van der Waals surface area contributed by atoms with Gasteiger partial charge >= 0.3 is 5.97 Å². The number of carbonyl (C=O) groups is 1. The van der Waals surface area contributed by atoms with E-state index in [-0.39, 0.29) is 10.8 Å². The van der Waals surface area contributed by atoms with Crippen LogP contribution >= 0.6 is 22.9 Å². The molecule has 2 aromatic rings. The van der Waals surface area contributed by atoms with Crippen LogP contribution in [-0.2, 0) is 0 Å². The van der Waals surface area contributed by atoms with Gasteiger partial charge in [0.2, 0.25) is 5.28 Å². The van der Waals surface area contributed by atoms with Crippen molar-refractivity contribution in [3.8, 4) is 0 Å². The Balaban J connectivity index is 2.79. The molecule has 0 radical (unpaired) electrons. The maximum absolute atomic E-state index is 10.7. The Bertz CT molecular complexity index is 482. The van der Waals surface area contributed by atoms with Gasteiger partial charge in [-0.1, -0.05) is 0 Å². The van der Waals surface area contributed by atoms with Gasteiger partial charge < -0.3 is 5.11 Å². The molecule has 0 aliphatic heterocycles. The van der Waals surface area contributed by atoms with Crippen molar-refractivity contribution < 1.29 is 9.90 Å².